The van der Waals surface area contributed by atoms with Gasteiger partial charge in [0.05, 0.1) is 6.61 Å². The Kier molecular flexibility index (Phi) is 7.16. The highest BCUT2D eigenvalue weighted by molar-refractivity contribution is 6.31. The molecule has 4 heteroatoms. The SMILES string of the molecule is C=CCNCc1cc(OCC)c(OCc2ccccc2C)cc1Cl. The van der Waals surface area contributed by atoms with E-state index < -0.39 is 0 Å². The van der Waals surface area contributed by atoms with Gasteiger partial charge in [0.1, 0.15) is 6.61 Å². The molecule has 3 nitrogen and oxygen atoms in total. The first-order valence-electron chi connectivity index (χ1n) is 8.09. The van der Waals surface area contributed by atoms with Crippen molar-refractivity contribution in [1.29, 1.82) is 0 Å². The summed E-state index contributed by atoms with van der Waals surface area (Å²) < 4.78 is 11.7. The van der Waals surface area contributed by atoms with E-state index >= 15 is 0 Å². The van der Waals surface area contributed by atoms with Crippen LogP contribution in [-0.2, 0) is 13.2 Å². The summed E-state index contributed by atoms with van der Waals surface area (Å²) in [7, 11) is 0. The van der Waals surface area contributed by atoms with Crippen LogP contribution < -0.4 is 14.8 Å². The number of hydrogen-bond acceptors (Lipinski definition) is 3. The van der Waals surface area contributed by atoms with Gasteiger partial charge < -0.3 is 14.8 Å². The van der Waals surface area contributed by atoms with E-state index in [-0.39, 0.29) is 0 Å². The summed E-state index contributed by atoms with van der Waals surface area (Å²) >= 11 is 6.39. The quantitative estimate of drug-likeness (QED) is 0.518. The topological polar surface area (TPSA) is 30.5 Å². The van der Waals surface area contributed by atoms with Gasteiger partial charge in [-0.25, -0.2) is 0 Å². The molecule has 0 saturated carbocycles. The Morgan fingerprint density at radius 3 is 2.58 bits per heavy atom. The fourth-order valence-corrected chi connectivity index (χ4v) is 2.55. The molecule has 0 aliphatic carbocycles. The Balaban J connectivity index is 2.17. The zero-order valence-corrected chi connectivity index (χ0v) is 15.0. The van der Waals surface area contributed by atoms with Crippen molar-refractivity contribution in [3.05, 3.63) is 70.8 Å². The molecule has 24 heavy (non-hydrogen) atoms. The van der Waals surface area contributed by atoms with Gasteiger partial charge in [-0.05, 0) is 36.6 Å². The van der Waals surface area contributed by atoms with E-state index in [1.165, 1.54) is 5.56 Å². The van der Waals surface area contributed by atoms with Crippen LogP contribution >= 0.6 is 11.6 Å². The Bertz CT molecular complexity index is 685. The molecule has 2 aromatic rings. The van der Waals surface area contributed by atoms with E-state index in [9.17, 15) is 0 Å². The van der Waals surface area contributed by atoms with Crippen LogP contribution in [0.4, 0.5) is 0 Å². The summed E-state index contributed by atoms with van der Waals surface area (Å²) in [6.45, 7) is 10.2. The normalized spacial score (nSPS) is 10.5. The summed E-state index contributed by atoms with van der Waals surface area (Å²) in [6, 6.07) is 11.9. The molecule has 0 bridgehead atoms. The lowest BCUT2D eigenvalue weighted by atomic mass is 10.1. The van der Waals surface area contributed by atoms with Gasteiger partial charge in [-0.2, -0.15) is 0 Å². The molecule has 0 fully saturated rings. The van der Waals surface area contributed by atoms with Crippen molar-refractivity contribution in [3.8, 4) is 11.5 Å². The van der Waals surface area contributed by atoms with Gasteiger partial charge in [0.15, 0.2) is 11.5 Å². The second-order valence-corrected chi connectivity index (χ2v) is 5.87. The molecular weight excluding hydrogens is 322 g/mol. The van der Waals surface area contributed by atoms with Crippen LogP contribution in [0.2, 0.25) is 5.02 Å². The zero-order chi connectivity index (χ0) is 17.4. The summed E-state index contributed by atoms with van der Waals surface area (Å²) in [6.07, 6.45) is 1.82. The molecule has 0 radical (unpaired) electrons. The van der Waals surface area contributed by atoms with Gasteiger partial charge in [-0.3, -0.25) is 0 Å². The van der Waals surface area contributed by atoms with Crippen LogP contribution in [0.25, 0.3) is 0 Å². The molecule has 128 valence electrons. The number of halogens is 1. The lowest BCUT2D eigenvalue weighted by molar-refractivity contribution is 0.268. The number of nitrogens with one attached hydrogen (secondary N) is 1. The highest BCUT2D eigenvalue weighted by Gasteiger charge is 2.11. The Morgan fingerprint density at radius 1 is 1.12 bits per heavy atom. The minimum atomic E-state index is 0.483. The Morgan fingerprint density at radius 2 is 1.88 bits per heavy atom. The van der Waals surface area contributed by atoms with Crippen LogP contribution in [0.15, 0.2) is 49.1 Å². The highest BCUT2D eigenvalue weighted by atomic mass is 35.5. The smallest absolute Gasteiger partial charge is 0.163 e. The van der Waals surface area contributed by atoms with Crippen molar-refractivity contribution in [2.75, 3.05) is 13.2 Å². The summed E-state index contributed by atoms with van der Waals surface area (Å²) in [5, 5.41) is 3.91. The first-order valence-corrected chi connectivity index (χ1v) is 8.47. The molecule has 0 atom stereocenters. The maximum absolute atomic E-state index is 6.39. The average molecular weight is 346 g/mol. The predicted molar refractivity (Wildman–Crippen MR) is 100 cm³/mol. The molecule has 0 unspecified atom stereocenters. The molecule has 0 aromatic heterocycles. The number of rotatable bonds is 9. The van der Waals surface area contributed by atoms with E-state index in [1.807, 2.05) is 37.3 Å². The molecule has 0 spiro atoms. The number of hydrogen-bond donors (Lipinski definition) is 1. The van der Waals surface area contributed by atoms with Crippen molar-refractivity contribution in [1.82, 2.24) is 5.32 Å². The number of benzene rings is 2. The minimum absolute atomic E-state index is 0.483. The van der Waals surface area contributed by atoms with Crippen molar-refractivity contribution < 1.29 is 9.47 Å². The molecular formula is C20H24ClNO2. The largest absolute Gasteiger partial charge is 0.490 e. The lowest BCUT2D eigenvalue weighted by Gasteiger charge is -2.16. The van der Waals surface area contributed by atoms with E-state index in [4.69, 9.17) is 21.1 Å². The predicted octanol–water partition coefficient (Wildman–Crippen LogP) is 4.90. The van der Waals surface area contributed by atoms with Gasteiger partial charge in [0.25, 0.3) is 0 Å². The van der Waals surface area contributed by atoms with Crippen molar-refractivity contribution in [3.63, 3.8) is 0 Å². The maximum Gasteiger partial charge on any atom is 0.163 e. The molecule has 0 aliphatic heterocycles. The van der Waals surface area contributed by atoms with Gasteiger partial charge >= 0.3 is 0 Å². The second-order valence-electron chi connectivity index (χ2n) is 5.46. The van der Waals surface area contributed by atoms with E-state index in [0.29, 0.717) is 36.3 Å². The minimum Gasteiger partial charge on any atom is -0.490 e. The Hall–Kier alpha value is -1.97. The monoisotopic (exact) mass is 345 g/mol. The lowest BCUT2D eigenvalue weighted by Crippen LogP contribution is -2.13. The third-order valence-corrected chi connectivity index (χ3v) is 4.01. The van der Waals surface area contributed by atoms with Crippen molar-refractivity contribution >= 4 is 11.6 Å². The van der Waals surface area contributed by atoms with Gasteiger partial charge in [-0.15, -0.1) is 6.58 Å². The molecule has 1 N–H and O–H groups in total. The van der Waals surface area contributed by atoms with Crippen molar-refractivity contribution in [2.45, 2.75) is 27.0 Å². The third kappa shape index (κ3) is 5.02. The molecule has 0 saturated heterocycles. The highest BCUT2D eigenvalue weighted by Crippen LogP contribution is 2.34. The number of ether oxygens (including phenoxy) is 2. The summed E-state index contributed by atoms with van der Waals surface area (Å²) in [5.74, 6) is 1.38. The third-order valence-electron chi connectivity index (χ3n) is 3.66. The maximum atomic E-state index is 6.39. The van der Waals surface area contributed by atoms with Crippen molar-refractivity contribution in [2.24, 2.45) is 0 Å². The van der Waals surface area contributed by atoms with E-state index in [0.717, 1.165) is 17.7 Å². The van der Waals surface area contributed by atoms with Crippen LogP contribution in [0.3, 0.4) is 0 Å². The molecule has 0 amide bonds. The number of aryl methyl sites for hydroxylation is 1. The molecule has 2 aromatic carbocycles. The van der Waals surface area contributed by atoms with E-state index in [2.05, 4.69) is 31.0 Å². The zero-order valence-electron chi connectivity index (χ0n) is 14.3. The molecule has 0 aliphatic rings. The van der Waals surface area contributed by atoms with E-state index in [1.54, 1.807) is 0 Å². The van der Waals surface area contributed by atoms with Crippen LogP contribution in [0.5, 0.6) is 11.5 Å². The standard InChI is InChI=1S/C20H24ClNO2/c1-4-10-22-13-17-11-19(23-5-2)20(12-18(17)21)24-14-16-9-7-6-8-15(16)3/h4,6-9,11-12,22H,1,5,10,13-14H2,2-3H3. The fraction of sp³-hybridized carbons (Fsp3) is 0.300. The first kappa shape index (κ1) is 18.4. The fourth-order valence-electron chi connectivity index (χ4n) is 2.33. The van der Waals surface area contributed by atoms with Crippen LogP contribution in [0, 0.1) is 6.92 Å². The summed E-state index contributed by atoms with van der Waals surface area (Å²) in [4.78, 5) is 0. The van der Waals surface area contributed by atoms with Gasteiger partial charge in [-0.1, -0.05) is 41.9 Å². The van der Waals surface area contributed by atoms with Crippen LogP contribution in [-0.4, -0.2) is 13.2 Å². The first-order chi connectivity index (χ1) is 11.7. The average Bonchev–Trinajstić information content (AvgIpc) is 2.57. The Labute approximate surface area is 149 Å². The van der Waals surface area contributed by atoms with Gasteiger partial charge in [0, 0.05) is 24.2 Å². The van der Waals surface area contributed by atoms with Gasteiger partial charge in [0.2, 0.25) is 0 Å². The molecule has 0 heterocycles. The summed E-state index contributed by atoms with van der Waals surface area (Å²) in [5.41, 5.74) is 3.32. The second kappa shape index (κ2) is 9.36. The molecule has 2 rings (SSSR count). The van der Waals surface area contributed by atoms with Crippen LogP contribution in [0.1, 0.15) is 23.6 Å².